The van der Waals surface area contributed by atoms with Gasteiger partial charge in [-0.1, -0.05) is 11.3 Å². The summed E-state index contributed by atoms with van der Waals surface area (Å²) in [5.41, 5.74) is 1.83. The van der Waals surface area contributed by atoms with E-state index in [2.05, 4.69) is 10.3 Å². The van der Waals surface area contributed by atoms with E-state index in [0.717, 1.165) is 10.4 Å². The quantitative estimate of drug-likeness (QED) is 0.632. The van der Waals surface area contributed by atoms with Crippen molar-refractivity contribution in [2.75, 3.05) is 13.7 Å². The van der Waals surface area contributed by atoms with Gasteiger partial charge in [-0.05, 0) is 36.6 Å². The molecule has 1 aromatic carbocycles. The molecule has 130 valence electrons. The van der Waals surface area contributed by atoms with Crippen molar-refractivity contribution in [2.24, 2.45) is 0 Å². The van der Waals surface area contributed by atoms with Crippen LogP contribution in [0.15, 0.2) is 35.7 Å². The number of carbonyl (C=O) groups is 2. The summed E-state index contributed by atoms with van der Waals surface area (Å²) in [5, 5.41) is 9.99. The van der Waals surface area contributed by atoms with Crippen LogP contribution in [0.4, 0.5) is 0 Å². The third kappa shape index (κ3) is 3.85. The van der Waals surface area contributed by atoms with E-state index in [1.54, 1.807) is 41.3 Å². The predicted molar refractivity (Wildman–Crippen MR) is 94.3 cm³/mol. The number of likely N-dealkylation sites (N-methyl/N-ethyl adjacent to an activating group) is 1. The van der Waals surface area contributed by atoms with Gasteiger partial charge in [-0.15, -0.1) is 16.4 Å². The third-order valence-corrected chi connectivity index (χ3v) is 4.64. The first-order chi connectivity index (χ1) is 12.1. The molecule has 0 N–H and O–H groups in total. The van der Waals surface area contributed by atoms with Crippen molar-refractivity contribution >= 4 is 34.2 Å². The molecule has 0 fully saturated rings. The monoisotopic (exact) mass is 358 g/mol. The number of rotatable bonds is 6. The number of aromatic nitrogens is 3. The van der Waals surface area contributed by atoms with Crippen LogP contribution in [-0.4, -0.2) is 45.4 Å². The first-order valence-corrected chi connectivity index (χ1v) is 8.73. The summed E-state index contributed by atoms with van der Waals surface area (Å²) in [6.45, 7) is 2.88. The average molecular weight is 358 g/mol. The Morgan fingerprint density at radius 1 is 1.32 bits per heavy atom. The van der Waals surface area contributed by atoms with E-state index >= 15 is 0 Å². The molecule has 2 heterocycles. The van der Waals surface area contributed by atoms with E-state index in [9.17, 15) is 9.59 Å². The summed E-state index contributed by atoms with van der Waals surface area (Å²) in [4.78, 5) is 26.9. The number of carbonyl (C=O) groups excluding carboxylic acids is 2. The zero-order valence-corrected chi connectivity index (χ0v) is 14.8. The fourth-order valence-corrected chi connectivity index (χ4v) is 3.14. The van der Waals surface area contributed by atoms with Crippen LogP contribution in [0.5, 0.6) is 0 Å². The molecular formula is C17H18N4O3S. The van der Waals surface area contributed by atoms with Gasteiger partial charge in [0, 0.05) is 18.5 Å². The fourth-order valence-electron chi connectivity index (χ4n) is 2.38. The van der Waals surface area contributed by atoms with E-state index in [1.165, 1.54) is 4.90 Å². The number of amides is 1. The highest BCUT2D eigenvalue weighted by molar-refractivity contribution is 7.09. The molecule has 7 nitrogen and oxygen atoms in total. The number of hydrogen-bond acceptors (Lipinski definition) is 6. The summed E-state index contributed by atoms with van der Waals surface area (Å²) in [6, 6.07) is 8.94. The second kappa shape index (κ2) is 7.43. The SMILES string of the molecule is CCn1nnc2cc(C(=O)OCC(=O)N(C)Cc3cccs3)ccc21. The second-order valence-corrected chi connectivity index (χ2v) is 6.55. The number of nitrogens with zero attached hydrogens (tertiary/aromatic N) is 4. The minimum atomic E-state index is -0.550. The molecule has 0 spiro atoms. The number of fused-ring (bicyclic) bond motifs is 1. The minimum Gasteiger partial charge on any atom is -0.452 e. The maximum absolute atomic E-state index is 12.2. The first-order valence-electron chi connectivity index (χ1n) is 7.85. The van der Waals surface area contributed by atoms with Gasteiger partial charge in [0.15, 0.2) is 6.61 Å². The second-order valence-electron chi connectivity index (χ2n) is 5.51. The maximum atomic E-state index is 12.2. The predicted octanol–water partition coefficient (Wildman–Crippen LogP) is 2.33. The van der Waals surface area contributed by atoms with E-state index in [-0.39, 0.29) is 12.5 Å². The minimum absolute atomic E-state index is 0.250. The van der Waals surface area contributed by atoms with Gasteiger partial charge in [0.05, 0.1) is 17.6 Å². The van der Waals surface area contributed by atoms with E-state index in [0.29, 0.717) is 24.2 Å². The molecular weight excluding hydrogens is 340 g/mol. The highest BCUT2D eigenvalue weighted by Gasteiger charge is 2.15. The number of hydrogen-bond donors (Lipinski definition) is 0. The van der Waals surface area contributed by atoms with Crippen molar-refractivity contribution in [2.45, 2.75) is 20.0 Å². The fraction of sp³-hybridized carbons (Fsp3) is 0.294. The van der Waals surface area contributed by atoms with Crippen LogP contribution < -0.4 is 0 Å². The standard InChI is InChI=1S/C17H18N4O3S/c1-3-21-15-7-6-12(9-14(15)18-19-21)17(23)24-11-16(22)20(2)10-13-5-4-8-25-13/h4-9H,3,10-11H2,1-2H3. The normalized spacial score (nSPS) is 10.8. The Labute approximate surface area is 148 Å². The van der Waals surface area contributed by atoms with Crippen molar-refractivity contribution in [3.8, 4) is 0 Å². The Hall–Kier alpha value is -2.74. The summed E-state index contributed by atoms with van der Waals surface area (Å²) in [5.74, 6) is -0.800. The Bertz CT molecular complexity index is 889. The zero-order chi connectivity index (χ0) is 17.8. The Kier molecular flexibility index (Phi) is 5.08. The molecule has 0 bridgehead atoms. The van der Waals surface area contributed by atoms with Gasteiger partial charge in [-0.3, -0.25) is 4.79 Å². The van der Waals surface area contributed by atoms with Gasteiger partial charge in [0.1, 0.15) is 5.52 Å². The Morgan fingerprint density at radius 3 is 2.88 bits per heavy atom. The van der Waals surface area contributed by atoms with Crippen molar-refractivity contribution in [3.05, 3.63) is 46.2 Å². The Morgan fingerprint density at radius 2 is 2.16 bits per heavy atom. The van der Waals surface area contributed by atoms with Gasteiger partial charge in [0.25, 0.3) is 5.91 Å². The van der Waals surface area contributed by atoms with Crippen LogP contribution in [0.3, 0.4) is 0 Å². The van der Waals surface area contributed by atoms with E-state index in [1.807, 2.05) is 24.4 Å². The first kappa shape index (κ1) is 17.1. The van der Waals surface area contributed by atoms with Crippen LogP contribution in [0.2, 0.25) is 0 Å². The van der Waals surface area contributed by atoms with Crippen molar-refractivity contribution < 1.29 is 14.3 Å². The molecule has 8 heteroatoms. The molecule has 1 amide bonds. The number of ether oxygens (including phenoxy) is 1. The van der Waals surface area contributed by atoms with Gasteiger partial charge in [0.2, 0.25) is 0 Å². The average Bonchev–Trinajstić information content (AvgIpc) is 3.27. The molecule has 2 aromatic heterocycles. The van der Waals surface area contributed by atoms with Crippen LogP contribution >= 0.6 is 11.3 Å². The van der Waals surface area contributed by atoms with Crippen LogP contribution in [0, 0.1) is 0 Å². The lowest BCUT2D eigenvalue weighted by Crippen LogP contribution is -2.30. The summed E-state index contributed by atoms with van der Waals surface area (Å²) in [7, 11) is 1.69. The van der Waals surface area contributed by atoms with Gasteiger partial charge in [-0.25, -0.2) is 9.48 Å². The van der Waals surface area contributed by atoms with Crippen LogP contribution in [0.25, 0.3) is 11.0 Å². The highest BCUT2D eigenvalue weighted by atomic mass is 32.1. The summed E-state index contributed by atoms with van der Waals surface area (Å²) < 4.78 is 6.87. The number of esters is 1. The topological polar surface area (TPSA) is 77.3 Å². The molecule has 0 atom stereocenters. The molecule has 0 radical (unpaired) electrons. The smallest absolute Gasteiger partial charge is 0.338 e. The summed E-state index contributed by atoms with van der Waals surface area (Å²) in [6.07, 6.45) is 0. The number of aryl methyl sites for hydroxylation is 1. The number of thiophene rings is 1. The van der Waals surface area contributed by atoms with Crippen LogP contribution in [-0.2, 0) is 22.6 Å². The largest absolute Gasteiger partial charge is 0.452 e. The lowest BCUT2D eigenvalue weighted by Gasteiger charge is -2.16. The molecule has 25 heavy (non-hydrogen) atoms. The molecule has 3 rings (SSSR count). The zero-order valence-electron chi connectivity index (χ0n) is 14.0. The molecule has 0 saturated heterocycles. The Balaban J connectivity index is 1.59. The van der Waals surface area contributed by atoms with Gasteiger partial charge in [-0.2, -0.15) is 0 Å². The van der Waals surface area contributed by atoms with E-state index in [4.69, 9.17) is 4.74 Å². The lowest BCUT2D eigenvalue weighted by molar-refractivity contribution is -0.133. The summed E-state index contributed by atoms with van der Waals surface area (Å²) >= 11 is 1.58. The molecule has 0 aliphatic rings. The maximum Gasteiger partial charge on any atom is 0.338 e. The molecule has 0 saturated carbocycles. The van der Waals surface area contributed by atoms with Crippen molar-refractivity contribution in [1.82, 2.24) is 19.9 Å². The number of benzene rings is 1. The molecule has 0 aliphatic heterocycles. The highest BCUT2D eigenvalue weighted by Crippen LogP contribution is 2.15. The molecule has 0 aliphatic carbocycles. The van der Waals surface area contributed by atoms with Crippen molar-refractivity contribution in [1.29, 1.82) is 0 Å². The molecule has 0 unspecified atom stereocenters. The van der Waals surface area contributed by atoms with Crippen molar-refractivity contribution in [3.63, 3.8) is 0 Å². The lowest BCUT2D eigenvalue weighted by atomic mass is 10.2. The van der Waals surface area contributed by atoms with Crippen LogP contribution in [0.1, 0.15) is 22.2 Å². The third-order valence-electron chi connectivity index (χ3n) is 3.77. The van der Waals surface area contributed by atoms with Gasteiger partial charge >= 0.3 is 5.97 Å². The molecule has 3 aromatic rings. The van der Waals surface area contributed by atoms with Gasteiger partial charge < -0.3 is 9.64 Å². The van der Waals surface area contributed by atoms with E-state index < -0.39 is 5.97 Å².